The fourth-order valence-corrected chi connectivity index (χ4v) is 2.35. The van der Waals surface area contributed by atoms with E-state index in [4.69, 9.17) is 0 Å². The number of thiophene rings is 1. The molecular formula is C12H10N2S. The van der Waals surface area contributed by atoms with Crippen LogP contribution in [0.3, 0.4) is 0 Å². The molecule has 3 aromatic rings. The summed E-state index contributed by atoms with van der Waals surface area (Å²) in [5, 5.41) is 4.20. The molecule has 0 N–H and O–H groups in total. The van der Waals surface area contributed by atoms with Crippen molar-refractivity contribution in [2.45, 2.75) is 6.92 Å². The Kier molecular flexibility index (Phi) is 1.86. The van der Waals surface area contributed by atoms with Gasteiger partial charge in [-0.1, -0.05) is 6.07 Å². The summed E-state index contributed by atoms with van der Waals surface area (Å²) in [6.45, 7) is 2.09. The number of aryl methyl sites for hydroxylation is 1. The van der Waals surface area contributed by atoms with Crippen molar-refractivity contribution in [2.75, 3.05) is 0 Å². The smallest absolute Gasteiger partial charge is 0.137 e. The molecule has 0 bridgehead atoms. The second kappa shape index (κ2) is 3.21. The minimum atomic E-state index is 1.01. The van der Waals surface area contributed by atoms with E-state index in [1.165, 1.54) is 11.3 Å². The Bertz CT molecular complexity index is 593. The Labute approximate surface area is 91.8 Å². The quantitative estimate of drug-likeness (QED) is 0.607. The molecule has 0 unspecified atom stereocenters. The Morgan fingerprint density at radius 3 is 2.93 bits per heavy atom. The summed E-state index contributed by atoms with van der Waals surface area (Å²) in [5.74, 6) is 0. The molecule has 0 atom stereocenters. The lowest BCUT2D eigenvalue weighted by Crippen LogP contribution is -1.86. The maximum absolute atomic E-state index is 4.59. The van der Waals surface area contributed by atoms with Crippen LogP contribution in [0, 0.1) is 6.92 Å². The number of nitrogens with zero attached hydrogens (tertiary/aromatic N) is 2. The van der Waals surface area contributed by atoms with Crippen molar-refractivity contribution >= 4 is 17.0 Å². The van der Waals surface area contributed by atoms with Crippen molar-refractivity contribution in [1.29, 1.82) is 0 Å². The number of hydrogen-bond acceptors (Lipinski definition) is 2. The van der Waals surface area contributed by atoms with Gasteiger partial charge >= 0.3 is 0 Å². The third-order valence-electron chi connectivity index (χ3n) is 2.51. The maximum atomic E-state index is 4.59. The first-order chi connectivity index (χ1) is 7.34. The SMILES string of the molecule is Cc1cccc2nc(-c3ccsc3)cn12. The van der Waals surface area contributed by atoms with Gasteiger partial charge in [0.05, 0.1) is 5.69 Å². The van der Waals surface area contributed by atoms with Crippen molar-refractivity contribution in [2.24, 2.45) is 0 Å². The molecule has 3 heteroatoms. The summed E-state index contributed by atoms with van der Waals surface area (Å²) < 4.78 is 2.12. The molecular weight excluding hydrogens is 204 g/mol. The van der Waals surface area contributed by atoms with Crippen LogP contribution in [0.5, 0.6) is 0 Å². The number of aromatic nitrogens is 2. The first kappa shape index (κ1) is 8.68. The molecule has 0 aliphatic heterocycles. The zero-order chi connectivity index (χ0) is 10.3. The highest BCUT2D eigenvalue weighted by atomic mass is 32.1. The van der Waals surface area contributed by atoms with Crippen LogP contribution in [-0.2, 0) is 0 Å². The maximum Gasteiger partial charge on any atom is 0.137 e. The normalized spacial score (nSPS) is 11.0. The van der Waals surface area contributed by atoms with Crippen LogP contribution >= 0.6 is 11.3 Å². The molecule has 0 fully saturated rings. The monoisotopic (exact) mass is 214 g/mol. The van der Waals surface area contributed by atoms with E-state index in [0.717, 1.165) is 11.3 Å². The molecule has 0 saturated heterocycles. The molecule has 0 saturated carbocycles. The fourth-order valence-electron chi connectivity index (χ4n) is 1.70. The summed E-state index contributed by atoms with van der Waals surface area (Å²) >= 11 is 1.70. The van der Waals surface area contributed by atoms with E-state index in [0.29, 0.717) is 0 Å². The van der Waals surface area contributed by atoms with E-state index in [1.807, 2.05) is 12.1 Å². The molecule has 0 spiro atoms. The van der Waals surface area contributed by atoms with Gasteiger partial charge in [-0.25, -0.2) is 4.98 Å². The van der Waals surface area contributed by atoms with Crippen LogP contribution in [0.4, 0.5) is 0 Å². The standard InChI is InChI=1S/C12H10N2S/c1-9-3-2-4-12-13-11(7-14(9)12)10-5-6-15-8-10/h2-8H,1H3. The molecule has 3 aromatic heterocycles. The van der Waals surface area contributed by atoms with Crippen molar-refractivity contribution in [3.8, 4) is 11.3 Å². The number of imidazole rings is 1. The first-order valence-corrected chi connectivity index (χ1v) is 5.76. The van der Waals surface area contributed by atoms with E-state index in [-0.39, 0.29) is 0 Å². The number of hydrogen-bond donors (Lipinski definition) is 0. The molecule has 0 radical (unpaired) electrons. The first-order valence-electron chi connectivity index (χ1n) is 4.82. The van der Waals surface area contributed by atoms with E-state index in [9.17, 15) is 0 Å². The van der Waals surface area contributed by atoms with Gasteiger partial charge in [0, 0.05) is 22.8 Å². The molecule has 2 nitrogen and oxygen atoms in total. The molecule has 0 aromatic carbocycles. The van der Waals surface area contributed by atoms with Crippen LogP contribution in [0.15, 0.2) is 41.2 Å². The van der Waals surface area contributed by atoms with E-state index in [2.05, 4.69) is 45.4 Å². The van der Waals surface area contributed by atoms with Gasteiger partial charge in [-0.2, -0.15) is 11.3 Å². The van der Waals surface area contributed by atoms with Crippen LogP contribution in [0.25, 0.3) is 16.9 Å². The summed E-state index contributed by atoms with van der Waals surface area (Å²) in [4.78, 5) is 4.59. The number of fused-ring (bicyclic) bond motifs is 1. The Balaban J connectivity index is 2.27. The summed E-state index contributed by atoms with van der Waals surface area (Å²) in [7, 11) is 0. The largest absolute Gasteiger partial charge is 0.304 e. The third-order valence-corrected chi connectivity index (χ3v) is 3.20. The average Bonchev–Trinajstić information content (AvgIpc) is 2.86. The minimum absolute atomic E-state index is 1.01. The predicted molar refractivity (Wildman–Crippen MR) is 63.2 cm³/mol. The highest BCUT2D eigenvalue weighted by molar-refractivity contribution is 7.08. The molecule has 3 heterocycles. The van der Waals surface area contributed by atoms with Gasteiger partial charge in [-0.15, -0.1) is 0 Å². The van der Waals surface area contributed by atoms with Crippen LogP contribution in [0.2, 0.25) is 0 Å². The molecule has 15 heavy (non-hydrogen) atoms. The van der Waals surface area contributed by atoms with Gasteiger partial charge in [0.1, 0.15) is 5.65 Å². The summed E-state index contributed by atoms with van der Waals surface area (Å²) in [5.41, 5.74) is 4.46. The molecule has 3 rings (SSSR count). The van der Waals surface area contributed by atoms with Crippen LogP contribution in [-0.4, -0.2) is 9.38 Å². The molecule has 0 amide bonds. The second-order valence-corrected chi connectivity index (χ2v) is 4.31. The van der Waals surface area contributed by atoms with Crippen molar-refractivity contribution in [1.82, 2.24) is 9.38 Å². The van der Waals surface area contributed by atoms with Gasteiger partial charge in [0.25, 0.3) is 0 Å². The number of pyridine rings is 1. The lowest BCUT2D eigenvalue weighted by atomic mass is 10.3. The molecule has 0 aliphatic rings. The molecule has 74 valence electrons. The zero-order valence-electron chi connectivity index (χ0n) is 8.34. The topological polar surface area (TPSA) is 17.3 Å². The Morgan fingerprint density at radius 2 is 2.20 bits per heavy atom. The van der Waals surface area contributed by atoms with Gasteiger partial charge in [-0.05, 0) is 30.5 Å². The predicted octanol–water partition coefficient (Wildman–Crippen LogP) is 3.37. The van der Waals surface area contributed by atoms with Crippen molar-refractivity contribution in [3.05, 3.63) is 46.9 Å². The van der Waals surface area contributed by atoms with E-state index >= 15 is 0 Å². The van der Waals surface area contributed by atoms with Crippen LogP contribution in [0.1, 0.15) is 5.69 Å². The lowest BCUT2D eigenvalue weighted by Gasteiger charge is -1.95. The summed E-state index contributed by atoms with van der Waals surface area (Å²) in [6, 6.07) is 8.26. The van der Waals surface area contributed by atoms with Crippen molar-refractivity contribution in [3.63, 3.8) is 0 Å². The Morgan fingerprint density at radius 1 is 1.27 bits per heavy atom. The van der Waals surface area contributed by atoms with Crippen molar-refractivity contribution < 1.29 is 0 Å². The highest BCUT2D eigenvalue weighted by Gasteiger charge is 2.04. The average molecular weight is 214 g/mol. The zero-order valence-corrected chi connectivity index (χ0v) is 9.16. The summed E-state index contributed by atoms with van der Waals surface area (Å²) in [6.07, 6.45) is 2.09. The fraction of sp³-hybridized carbons (Fsp3) is 0.0833. The number of rotatable bonds is 1. The van der Waals surface area contributed by atoms with Crippen LogP contribution < -0.4 is 0 Å². The van der Waals surface area contributed by atoms with Gasteiger partial charge < -0.3 is 4.40 Å². The van der Waals surface area contributed by atoms with E-state index < -0.39 is 0 Å². The van der Waals surface area contributed by atoms with Gasteiger partial charge in [0.15, 0.2) is 0 Å². The van der Waals surface area contributed by atoms with E-state index in [1.54, 1.807) is 11.3 Å². The molecule has 0 aliphatic carbocycles. The van der Waals surface area contributed by atoms with Gasteiger partial charge in [-0.3, -0.25) is 0 Å². The lowest BCUT2D eigenvalue weighted by molar-refractivity contribution is 1.09. The third kappa shape index (κ3) is 1.36. The highest BCUT2D eigenvalue weighted by Crippen LogP contribution is 2.22. The Hall–Kier alpha value is -1.61. The minimum Gasteiger partial charge on any atom is -0.304 e. The second-order valence-electron chi connectivity index (χ2n) is 3.53. The van der Waals surface area contributed by atoms with Gasteiger partial charge in [0.2, 0.25) is 0 Å².